The molecule has 3 nitrogen and oxygen atoms in total. The second-order valence-electron chi connectivity index (χ2n) is 3.20. The normalized spacial score (nSPS) is 10.7. The van der Waals surface area contributed by atoms with Crippen LogP contribution in [0.3, 0.4) is 0 Å². The molecule has 1 aromatic carbocycles. The van der Waals surface area contributed by atoms with Crippen LogP contribution < -0.4 is 5.32 Å². The van der Waals surface area contributed by atoms with Crippen LogP contribution in [0.15, 0.2) is 16.5 Å². The van der Waals surface area contributed by atoms with E-state index in [-0.39, 0.29) is 0 Å². The van der Waals surface area contributed by atoms with E-state index < -0.39 is 0 Å². The van der Waals surface area contributed by atoms with Crippen LogP contribution in [0, 0.1) is 13.8 Å². The molecule has 0 fully saturated rings. The largest absolute Gasteiger partial charge is 0.424 e. The molecule has 1 N–H and O–H groups in total. The Morgan fingerprint density at radius 1 is 1.31 bits per heavy atom. The molecule has 0 aliphatic rings. The van der Waals surface area contributed by atoms with Crippen molar-refractivity contribution in [3.05, 3.63) is 23.3 Å². The van der Waals surface area contributed by atoms with Gasteiger partial charge in [0.2, 0.25) is 0 Å². The number of rotatable bonds is 1. The summed E-state index contributed by atoms with van der Waals surface area (Å²) in [6, 6.07) is 4.67. The van der Waals surface area contributed by atoms with Crippen LogP contribution in [-0.2, 0) is 0 Å². The minimum Gasteiger partial charge on any atom is -0.424 e. The lowest BCUT2D eigenvalue weighted by Crippen LogP contribution is -1.85. The molecule has 0 saturated heterocycles. The van der Waals surface area contributed by atoms with Gasteiger partial charge in [-0.25, -0.2) is 0 Å². The molecule has 0 spiro atoms. The minimum absolute atomic E-state index is 0.573. The van der Waals surface area contributed by atoms with Gasteiger partial charge in [-0.3, -0.25) is 0 Å². The molecule has 0 aliphatic heterocycles. The third-order valence-electron chi connectivity index (χ3n) is 2.04. The Hall–Kier alpha value is -1.51. The first-order valence-corrected chi connectivity index (χ1v) is 4.26. The van der Waals surface area contributed by atoms with E-state index in [2.05, 4.69) is 16.4 Å². The first kappa shape index (κ1) is 8.10. The van der Waals surface area contributed by atoms with Crippen molar-refractivity contribution in [2.75, 3.05) is 12.4 Å². The molecule has 13 heavy (non-hydrogen) atoms. The van der Waals surface area contributed by atoms with Gasteiger partial charge in [-0.2, -0.15) is 4.98 Å². The number of oxazole rings is 1. The lowest BCUT2D eigenvalue weighted by Gasteiger charge is -1.94. The number of anilines is 1. The molecular formula is C10H12N2O. The highest BCUT2D eigenvalue weighted by molar-refractivity contribution is 5.78. The summed E-state index contributed by atoms with van der Waals surface area (Å²) < 4.78 is 5.46. The standard InChI is InChI=1S/C10H12N2O/c1-6-4-7(2)9-8(5-6)13-10(11-3)12-9/h4-5H,1-3H3,(H,11,12). The van der Waals surface area contributed by atoms with E-state index in [0.717, 1.165) is 16.7 Å². The number of fused-ring (bicyclic) bond motifs is 1. The SMILES string of the molecule is CNc1nc2c(C)cc(C)cc2o1. The molecule has 68 valence electrons. The van der Waals surface area contributed by atoms with Crippen molar-refractivity contribution in [1.29, 1.82) is 0 Å². The zero-order valence-electron chi connectivity index (χ0n) is 8.01. The number of hydrogen-bond donors (Lipinski definition) is 1. The predicted molar refractivity (Wildman–Crippen MR) is 53.0 cm³/mol. The number of nitrogens with zero attached hydrogens (tertiary/aromatic N) is 1. The van der Waals surface area contributed by atoms with Crippen molar-refractivity contribution in [2.24, 2.45) is 0 Å². The fraction of sp³-hybridized carbons (Fsp3) is 0.300. The quantitative estimate of drug-likeness (QED) is 0.725. The lowest BCUT2D eigenvalue weighted by molar-refractivity contribution is 0.620. The zero-order valence-corrected chi connectivity index (χ0v) is 8.01. The monoisotopic (exact) mass is 176 g/mol. The Morgan fingerprint density at radius 3 is 2.77 bits per heavy atom. The number of hydrogen-bond acceptors (Lipinski definition) is 3. The molecule has 0 aliphatic carbocycles. The molecule has 0 radical (unpaired) electrons. The van der Waals surface area contributed by atoms with E-state index in [1.165, 1.54) is 5.56 Å². The maximum Gasteiger partial charge on any atom is 0.295 e. The molecule has 0 bridgehead atoms. The van der Waals surface area contributed by atoms with Gasteiger partial charge in [0, 0.05) is 7.05 Å². The fourth-order valence-corrected chi connectivity index (χ4v) is 1.48. The molecule has 0 saturated carbocycles. The Kier molecular flexibility index (Phi) is 1.72. The molecule has 0 atom stereocenters. The van der Waals surface area contributed by atoms with Crippen LogP contribution in [0.5, 0.6) is 0 Å². The van der Waals surface area contributed by atoms with Crippen molar-refractivity contribution in [3.8, 4) is 0 Å². The van der Waals surface area contributed by atoms with Crippen LogP contribution in [0.4, 0.5) is 6.01 Å². The zero-order chi connectivity index (χ0) is 9.42. The first-order chi connectivity index (χ1) is 6.20. The second kappa shape index (κ2) is 2.76. The van der Waals surface area contributed by atoms with Crippen LogP contribution in [-0.4, -0.2) is 12.0 Å². The molecule has 0 amide bonds. The summed E-state index contributed by atoms with van der Waals surface area (Å²) in [4.78, 5) is 4.29. The van der Waals surface area contributed by atoms with E-state index in [4.69, 9.17) is 4.42 Å². The van der Waals surface area contributed by atoms with Gasteiger partial charge >= 0.3 is 0 Å². The summed E-state index contributed by atoms with van der Waals surface area (Å²) in [5, 5.41) is 2.89. The predicted octanol–water partition coefficient (Wildman–Crippen LogP) is 2.49. The Balaban J connectivity index is 2.75. The third kappa shape index (κ3) is 1.26. The van der Waals surface area contributed by atoms with Gasteiger partial charge < -0.3 is 9.73 Å². The number of nitrogens with one attached hydrogen (secondary N) is 1. The summed E-state index contributed by atoms with van der Waals surface area (Å²) in [5.74, 6) is 0. The van der Waals surface area contributed by atoms with E-state index in [0.29, 0.717) is 6.01 Å². The Morgan fingerprint density at radius 2 is 2.08 bits per heavy atom. The maximum atomic E-state index is 5.46. The molecular weight excluding hydrogens is 164 g/mol. The number of aromatic nitrogens is 1. The highest BCUT2D eigenvalue weighted by atomic mass is 16.4. The van der Waals surface area contributed by atoms with Crippen LogP contribution in [0.1, 0.15) is 11.1 Å². The van der Waals surface area contributed by atoms with E-state index in [1.54, 1.807) is 7.05 Å². The van der Waals surface area contributed by atoms with Crippen molar-refractivity contribution in [3.63, 3.8) is 0 Å². The first-order valence-electron chi connectivity index (χ1n) is 4.26. The average Bonchev–Trinajstić information content (AvgIpc) is 2.47. The Labute approximate surface area is 76.8 Å². The molecule has 2 rings (SSSR count). The minimum atomic E-state index is 0.573. The van der Waals surface area contributed by atoms with Crippen molar-refractivity contribution < 1.29 is 4.42 Å². The third-order valence-corrected chi connectivity index (χ3v) is 2.04. The summed E-state index contributed by atoms with van der Waals surface area (Å²) in [6.07, 6.45) is 0. The summed E-state index contributed by atoms with van der Waals surface area (Å²) in [7, 11) is 1.80. The van der Waals surface area contributed by atoms with Crippen LogP contribution in [0.25, 0.3) is 11.1 Å². The topological polar surface area (TPSA) is 38.1 Å². The van der Waals surface area contributed by atoms with Gasteiger partial charge in [-0.15, -0.1) is 0 Å². The summed E-state index contributed by atoms with van der Waals surface area (Å²) in [6.45, 7) is 4.09. The molecule has 3 heteroatoms. The number of aryl methyl sites for hydroxylation is 2. The van der Waals surface area contributed by atoms with E-state index in [9.17, 15) is 0 Å². The molecule has 1 heterocycles. The highest BCUT2D eigenvalue weighted by Crippen LogP contribution is 2.22. The van der Waals surface area contributed by atoms with Gasteiger partial charge in [0.15, 0.2) is 5.58 Å². The van der Waals surface area contributed by atoms with Gasteiger partial charge in [0.05, 0.1) is 0 Å². The summed E-state index contributed by atoms with van der Waals surface area (Å²) >= 11 is 0. The van der Waals surface area contributed by atoms with Crippen molar-refractivity contribution in [1.82, 2.24) is 4.98 Å². The Bertz CT molecular complexity index is 445. The number of benzene rings is 1. The molecule has 1 aromatic heterocycles. The van der Waals surface area contributed by atoms with Crippen LogP contribution in [0.2, 0.25) is 0 Å². The van der Waals surface area contributed by atoms with Gasteiger partial charge in [0.25, 0.3) is 6.01 Å². The smallest absolute Gasteiger partial charge is 0.295 e. The molecule has 2 aromatic rings. The van der Waals surface area contributed by atoms with E-state index >= 15 is 0 Å². The van der Waals surface area contributed by atoms with Crippen LogP contribution >= 0.6 is 0 Å². The van der Waals surface area contributed by atoms with Crippen molar-refractivity contribution >= 4 is 17.1 Å². The molecule has 0 unspecified atom stereocenters. The summed E-state index contributed by atoms with van der Waals surface area (Å²) in [5.41, 5.74) is 4.14. The average molecular weight is 176 g/mol. The van der Waals surface area contributed by atoms with Gasteiger partial charge in [0.1, 0.15) is 5.52 Å². The maximum absolute atomic E-state index is 5.46. The van der Waals surface area contributed by atoms with Gasteiger partial charge in [-0.1, -0.05) is 6.07 Å². The second-order valence-corrected chi connectivity index (χ2v) is 3.20. The fourth-order valence-electron chi connectivity index (χ4n) is 1.48. The van der Waals surface area contributed by atoms with Crippen molar-refractivity contribution in [2.45, 2.75) is 13.8 Å². The lowest BCUT2D eigenvalue weighted by atomic mass is 10.1. The van der Waals surface area contributed by atoms with Gasteiger partial charge in [-0.05, 0) is 31.0 Å². The highest BCUT2D eigenvalue weighted by Gasteiger charge is 2.06. The van der Waals surface area contributed by atoms with E-state index in [1.807, 2.05) is 19.9 Å².